The molecule has 1 N–H and O–H groups in total. The maximum atomic E-state index is 12.4. The number of ether oxygens (including phenoxy) is 1. The van der Waals surface area contributed by atoms with E-state index in [2.05, 4.69) is 22.4 Å². The number of carbonyl (C=O) groups excluding carboxylic acids is 2. The van der Waals surface area contributed by atoms with E-state index in [0.29, 0.717) is 34.0 Å². The highest BCUT2D eigenvalue weighted by Crippen LogP contribution is 2.24. The van der Waals surface area contributed by atoms with Gasteiger partial charge in [-0.25, -0.2) is 9.78 Å². The number of hydrogen-bond donors (Lipinski definition) is 1. The minimum absolute atomic E-state index is 0.162. The van der Waals surface area contributed by atoms with Gasteiger partial charge in [0, 0.05) is 11.7 Å². The molecule has 2 heterocycles. The molecule has 0 spiro atoms. The van der Waals surface area contributed by atoms with Crippen LogP contribution in [0.3, 0.4) is 0 Å². The van der Waals surface area contributed by atoms with Gasteiger partial charge < -0.3 is 14.6 Å². The second kappa shape index (κ2) is 7.21. The Morgan fingerprint density at radius 2 is 2.08 bits per heavy atom. The van der Waals surface area contributed by atoms with Crippen LogP contribution in [0.5, 0.6) is 0 Å². The van der Waals surface area contributed by atoms with Crippen molar-refractivity contribution in [1.29, 1.82) is 0 Å². The fraction of sp³-hybridized carbons (Fsp3) is 0.556. The number of hydrogen-bond acceptors (Lipinski definition) is 6. The van der Waals surface area contributed by atoms with E-state index in [1.165, 1.54) is 6.42 Å². The van der Waals surface area contributed by atoms with Crippen molar-refractivity contribution in [3.8, 4) is 0 Å². The van der Waals surface area contributed by atoms with Gasteiger partial charge in [-0.05, 0) is 38.7 Å². The largest absolute Gasteiger partial charge is 0.452 e. The summed E-state index contributed by atoms with van der Waals surface area (Å²) in [7, 11) is 0. The van der Waals surface area contributed by atoms with Gasteiger partial charge in [0.1, 0.15) is 0 Å². The lowest BCUT2D eigenvalue weighted by atomic mass is 9.86. The molecule has 1 fully saturated rings. The van der Waals surface area contributed by atoms with Crippen molar-refractivity contribution in [3.05, 3.63) is 23.0 Å². The minimum Gasteiger partial charge on any atom is -0.452 e. The van der Waals surface area contributed by atoms with E-state index in [9.17, 15) is 9.59 Å². The SMILES string of the molecule is Cc1cc(C(=O)OCC(=O)NC2CCCCC2C)c2c(C)noc2n1. The molecule has 2 aromatic rings. The van der Waals surface area contributed by atoms with E-state index in [0.717, 1.165) is 19.3 Å². The molecule has 134 valence electrons. The highest BCUT2D eigenvalue weighted by atomic mass is 16.5. The fourth-order valence-corrected chi connectivity index (χ4v) is 3.37. The summed E-state index contributed by atoms with van der Waals surface area (Å²) in [4.78, 5) is 28.7. The second-order valence-corrected chi connectivity index (χ2v) is 6.77. The van der Waals surface area contributed by atoms with Crippen LogP contribution in [0.1, 0.15) is 54.4 Å². The van der Waals surface area contributed by atoms with Gasteiger partial charge in [-0.15, -0.1) is 0 Å². The van der Waals surface area contributed by atoms with Gasteiger partial charge in [0.25, 0.3) is 11.6 Å². The number of fused-ring (bicyclic) bond motifs is 1. The highest BCUT2D eigenvalue weighted by molar-refractivity contribution is 6.03. The maximum Gasteiger partial charge on any atom is 0.339 e. The standard InChI is InChI=1S/C18H23N3O4/c1-10-6-4-5-7-14(10)20-15(22)9-24-18(23)13-8-11(2)19-17-16(13)12(3)21-25-17/h8,10,14H,4-7,9H2,1-3H3,(H,20,22). The first-order chi connectivity index (χ1) is 12.0. The molecule has 0 bridgehead atoms. The molecular formula is C18H23N3O4. The topological polar surface area (TPSA) is 94.3 Å². The van der Waals surface area contributed by atoms with Gasteiger partial charge in [0.05, 0.1) is 16.6 Å². The Morgan fingerprint density at radius 1 is 1.32 bits per heavy atom. The molecule has 0 aromatic carbocycles. The van der Waals surface area contributed by atoms with Crippen molar-refractivity contribution in [2.45, 2.75) is 52.5 Å². The lowest BCUT2D eigenvalue weighted by molar-refractivity contribution is -0.125. The van der Waals surface area contributed by atoms with Gasteiger partial charge in [-0.2, -0.15) is 0 Å². The number of amides is 1. The van der Waals surface area contributed by atoms with Crippen LogP contribution in [0, 0.1) is 19.8 Å². The van der Waals surface area contributed by atoms with Crippen molar-refractivity contribution < 1.29 is 18.8 Å². The molecule has 7 heteroatoms. The lowest BCUT2D eigenvalue weighted by Crippen LogP contribution is -2.42. The third-order valence-electron chi connectivity index (χ3n) is 4.76. The average Bonchev–Trinajstić information content (AvgIpc) is 2.95. The number of nitrogens with one attached hydrogen (secondary N) is 1. The quantitative estimate of drug-likeness (QED) is 0.856. The van der Waals surface area contributed by atoms with Crippen LogP contribution in [0.2, 0.25) is 0 Å². The number of esters is 1. The Kier molecular flexibility index (Phi) is 5.01. The second-order valence-electron chi connectivity index (χ2n) is 6.77. The molecule has 2 unspecified atom stereocenters. The van der Waals surface area contributed by atoms with E-state index in [4.69, 9.17) is 9.26 Å². The van der Waals surface area contributed by atoms with Crippen LogP contribution in [0.15, 0.2) is 10.6 Å². The minimum atomic E-state index is -0.575. The van der Waals surface area contributed by atoms with Crippen LogP contribution in [-0.4, -0.2) is 34.7 Å². The van der Waals surface area contributed by atoms with E-state index in [-0.39, 0.29) is 18.6 Å². The molecule has 7 nitrogen and oxygen atoms in total. The molecule has 3 rings (SSSR count). The van der Waals surface area contributed by atoms with Crippen LogP contribution in [0.4, 0.5) is 0 Å². The van der Waals surface area contributed by atoms with Crippen LogP contribution >= 0.6 is 0 Å². The Balaban J connectivity index is 1.65. The van der Waals surface area contributed by atoms with E-state index in [1.807, 2.05) is 0 Å². The predicted molar refractivity (Wildman–Crippen MR) is 91.1 cm³/mol. The van der Waals surface area contributed by atoms with E-state index >= 15 is 0 Å². The van der Waals surface area contributed by atoms with Gasteiger partial charge in [0.2, 0.25) is 0 Å². The molecule has 1 amide bonds. The number of pyridine rings is 1. The summed E-state index contributed by atoms with van der Waals surface area (Å²) >= 11 is 0. The first kappa shape index (κ1) is 17.4. The average molecular weight is 345 g/mol. The molecule has 2 atom stereocenters. The van der Waals surface area contributed by atoms with E-state index < -0.39 is 5.97 Å². The zero-order valence-electron chi connectivity index (χ0n) is 14.8. The zero-order chi connectivity index (χ0) is 18.0. The first-order valence-electron chi connectivity index (χ1n) is 8.66. The summed E-state index contributed by atoms with van der Waals surface area (Å²) in [5.74, 6) is -0.389. The number of aromatic nitrogens is 2. The summed E-state index contributed by atoms with van der Waals surface area (Å²) in [5, 5.41) is 7.33. The number of aryl methyl sites for hydroxylation is 2. The van der Waals surface area contributed by atoms with Crippen molar-refractivity contribution >= 4 is 23.0 Å². The Labute approximate surface area is 146 Å². The van der Waals surface area contributed by atoms with Crippen LogP contribution < -0.4 is 5.32 Å². The highest BCUT2D eigenvalue weighted by Gasteiger charge is 2.24. The van der Waals surface area contributed by atoms with Crippen LogP contribution in [0.25, 0.3) is 11.1 Å². The predicted octanol–water partition coefficient (Wildman–Crippen LogP) is 2.69. The van der Waals surface area contributed by atoms with Crippen LogP contribution in [-0.2, 0) is 9.53 Å². The molecule has 1 aliphatic rings. The van der Waals surface area contributed by atoms with Gasteiger partial charge in [0.15, 0.2) is 6.61 Å². The molecular weight excluding hydrogens is 322 g/mol. The number of nitrogens with zero attached hydrogens (tertiary/aromatic N) is 2. The Hall–Kier alpha value is -2.44. The lowest BCUT2D eigenvalue weighted by Gasteiger charge is -2.29. The normalized spacial score (nSPS) is 20.4. The third kappa shape index (κ3) is 3.81. The molecule has 0 radical (unpaired) electrons. The van der Waals surface area contributed by atoms with Crippen molar-refractivity contribution in [3.63, 3.8) is 0 Å². The van der Waals surface area contributed by atoms with Crippen molar-refractivity contribution in [1.82, 2.24) is 15.5 Å². The first-order valence-corrected chi connectivity index (χ1v) is 8.66. The summed E-state index contributed by atoms with van der Waals surface area (Å²) in [6.07, 6.45) is 4.42. The van der Waals surface area contributed by atoms with E-state index in [1.54, 1.807) is 19.9 Å². The van der Waals surface area contributed by atoms with Crippen molar-refractivity contribution in [2.75, 3.05) is 6.61 Å². The van der Waals surface area contributed by atoms with Gasteiger partial charge in [-0.1, -0.05) is 24.9 Å². The summed E-state index contributed by atoms with van der Waals surface area (Å²) in [5.41, 5.74) is 1.80. The fourth-order valence-electron chi connectivity index (χ4n) is 3.37. The summed E-state index contributed by atoms with van der Waals surface area (Å²) in [6.45, 7) is 5.33. The smallest absolute Gasteiger partial charge is 0.339 e. The maximum absolute atomic E-state index is 12.4. The van der Waals surface area contributed by atoms with Gasteiger partial charge >= 0.3 is 5.97 Å². The number of carbonyl (C=O) groups is 2. The third-order valence-corrected chi connectivity index (χ3v) is 4.76. The molecule has 2 aromatic heterocycles. The molecule has 1 saturated carbocycles. The molecule has 0 aliphatic heterocycles. The molecule has 1 aliphatic carbocycles. The monoisotopic (exact) mass is 345 g/mol. The summed E-state index contributed by atoms with van der Waals surface area (Å²) in [6, 6.07) is 1.78. The van der Waals surface area contributed by atoms with Crippen molar-refractivity contribution in [2.24, 2.45) is 5.92 Å². The molecule has 0 saturated heterocycles. The van der Waals surface area contributed by atoms with Gasteiger partial charge in [-0.3, -0.25) is 4.79 Å². The molecule has 25 heavy (non-hydrogen) atoms. The number of rotatable bonds is 4. The summed E-state index contributed by atoms with van der Waals surface area (Å²) < 4.78 is 10.3. The Bertz CT molecular complexity index is 799. The Morgan fingerprint density at radius 3 is 2.84 bits per heavy atom. The zero-order valence-corrected chi connectivity index (χ0v) is 14.8.